The quantitative estimate of drug-likeness (QED) is 0.736. The monoisotopic (exact) mass is 234 g/mol. The molecular weight excluding hydrogens is 212 g/mol. The van der Waals surface area contributed by atoms with E-state index in [9.17, 15) is 4.79 Å². The number of carbonyl (C=O) groups is 1. The molecule has 0 aliphatic heterocycles. The zero-order valence-corrected chi connectivity index (χ0v) is 10.8. The number of rotatable bonds is 7. The minimum absolute atomic E-state index is 0.372. The van der Waals surface area contributed by atoms with Gasteiger partial charge in [-0.1, -0.05) is 33.1 Å². The highest BCUT2D eigenvalue weighted by atomic mass is 16.1. The summed E-state index contributed by atoms with van der Waals surface area (Å²) in [5.41, 5.74) is 6.80. The Labute approximate surface area is 103 Å². The van der Waals surface area contributed by atoms with Gasteiger partial charge in [0.25, 0.3) is 5.91 Å². The first-order chi connectivity index (χ1) is 8.19. The summed E-state index contributed by atoms with van der Waals surface area (Å²) in [6.45, 7) is 4.39. The number of hydrogen-bond donors (Lipinski definition) is 1. The van der Waals surface area contributed by atoms with E-state index in [2.05, 4.69) is 18.8 Å². The van der Waals surface area contributed by atoms with Gasteiger partial charge in [-0.25, -0.2) is 0 Å². The lowest BCUT2D eigenvalue weighted by atomic mass is 9.91. The normalized spacial score (nSPS) is 12.4. The molecule has 0 saturated carbocycles. The molecule has 0 aliphatic rings. The zero-order chi connectivity index (χ0) is 12.7. The molecule has 0 aliphatic carbocycles. The summed E-state index contributed by atoms with van der Waals surface area (Å²) in [5.74, 6) is 0.0675. The molecular formula is C14H22N2O. The van der Waals surface area contributed by atoms with Gasteiger partial charge in [0, 0.05) is 6.20 Å². The molecule has 0 aromatic carbocycles. The number of nitrogens with two attached hydrogens (primary N) is 1. The first-order valence-electron chi connectivity index (χ1n) is 6.44. The second kappa shape index (κ2) is 7.05. The lowest BCUT2D eigenvalue weighted by Crippen LogP contribution is -2.13. The van der Waals surface area contributed by atoms with E-state index in [0.29, 0.717) is 11.6 Å². The van der Waals surface area contributed by atoms with Gasteiger partial charge < -0.3 is 5.73 Å². The van der Waals surface area contributed by atoms with E-state index in [0.717, 1.165) is 6.42 Å². The summed E-state index contributed by atoms with van der Waals surface area (Å²) in [5, 5.41) is 0. The summed E-state index contributed by atoms with van der Waals surface area (Å²) in [7, 11) is 0. The van der Waals surface area contributed by atoms with Crippen LogP contribution in [0.3, 0.4) is 0 Å². The molecule has 1 unspecified atom stereocenters. The van der Waals surface area contributed by atoms with Crippen LogP contribution in [0, 0.1) is 0 Å². The van der Waals surface area contributed by atoms with Gasteiger partial charge in [0.05, 0.1) is 0 Å². The van der Waals surface area contributed by atoms with E-state index in [1.165, 1.54) is 31.2 Å². The Balaban J connectivity index is 2.73. The van der Waals surface area contributed by atoms with Crippen molar-refractivity contribution in [3.63, 3.8) is 0 Å². The molecule has 3 heteroatoms. The highest BCUT2D eigenvalue weighted by Crippen LogP contribution is 2.25. The molecule has 0 bridgehead atoms. The molecule has 1 amide bonds. The van der Waals surface area contributed by atoms with Crippen LogP contribution >= 0.6 is 0 Å². The maximum atomic E-state index is 11.1. The predicted molar refractivity (Wildman–Crippen MR) is 69.9 cm³/mol. The maximum Gasteiger partial charge on any atom is 0.267 e. The summed E-state index contributed by atoms with van der Waals surface area (Å²) < 4.78 is 0. The smallest absolute Gasteiger partial charge is 0.267 e. The van der Waals surface area contributed by atoms with Crippen LogP contribution in [-0.4, -0.2) is 10.9 Å². The molecule has 0 fully saturated rings. The number of amides is 1. The fraction of sp³-hybridized carbons (Fsp3) is 0.571. The second-order valence-electron chi connectivity index (χ2n) is 4.44. The van der Waals surface area contributed by atoms with Crippen LogP contribution in [-0.2, 0) is 0 Å². The van der Waals surface area contributed by atoms with Gasteiger partial charge >= 0.3 is 0 Å². The van der Waals surface area contributed by atoms with Crippen molar-refractivity contribution in [2.75, 3.05) is 0 Å². The Morgan fingerprint density at radius 1 is 1.41 bits per heavy atom. The third kappa shape index (κ3) is 4.17. The van der Waals surface area contributed by atoms with Gasteiger partial charge in [0.1, 0.15) is 5.69 Å². The number of hydrogen-bond acceptors (Lipinski definition) is 2. The minimum Gasteiger partial charge on any atom is -0.364 e. The van der Waals surface area contributed by atoms with E-state index in [-0.39, 0.29) is 0 Å². The Bertz CT molecular complexity index is 363. The highest BCUT2D eigenvalue weighted by Gasteiger charge is 2.11. The van der Waals surface area contributed by atoms with E-state index in [4.69, 9.17) is 5.73 Å². The molecule has 1 atom stereocenters. The zero-order valence-electron chi connectivity index (χ0n) is 10.8. The van der Waals surface area contributed by atoms with Gasteiger partial charge in [0.15, 0.2) is 0 Å². The number of carbonyl (C=O) groups excluding carboxylic acids is 1. The minimum atomic E-state index is -0.449. The fourth-order valence-electron chi connectivity index (χ4n) is 2.08. The topological polar surface area (TPSA) is 56.0 Å². The van der Waals surface area contributed by atoms with Gasteiger partial charge in [-0.3, -0.25) is 9.78 Å². The standard InChI is InChI=1S/C14H22N2O/c1-3-5-6-7-11(4-2)12-8-9-16-13(10-12)14(15)17/h8-11H,3-7H2,1-2H3,(H2,15,17). The van der Waals surface area contributed by atoms with Crippen molar-refractivity contribution < 1.29 is 4.79 Å². The van der Waals surface area contributed by atoms with Gasteiger partial charge in [-0.2, -0.15) is 0 Å². The summed E-state index contributed by atoms with van der Waals surface area (Å²) in [6, 6.07) is 3.83. The number of primary amides is 1. The van der Waals surface area contributed by atoms with Crippen molar-refractivity contribution in [2.24, 2.45) is 5.73 Å². The molecule has 94 valence electrons. The van der Waals surface area contributed by atoms with Gasteiger partial charge in [0.2, 0.25) is 0 Å². The number of nitrogens with zero attached hydrogens (tertiary/aromatic N) is 1. The Morgan fingerprint density at radius 2 is 2.18 bits per heavy atom. The highest BCUT2D eigenvalue weighted by molar-refractivity contribution is 5.90. The molecule has 0 spiro atoms. The summed E-state index contributed by atoms with van der Waals surface area (Å²) in [4.78, 5) is 15.1. The Morgan fingerprint density at radius 3 is 2.76 bits per heavy atom. The molecule has 1 aromatic rings. The lowest BCUT2D eigenvalue weighted by molar-refractivity contribution is 0.0995. The third-order valence-corrected chi connectivity index (χ3v) is 3.16. The molecule has 1 aromatic heterocycles. The molecule has 1 rings (SSSR count). The van der Waals surface area contributed by atoms with Crippen LogP contribution in [0.5, 0.6) is 0 Å². The van der Waals surface area contributed by atoms with Crippen LogP contribution in [0.4, 0.5) is 0 Å². The van der Waals surface area contributed by atoms with E-state index in [1.54, 1.807) is 6.20 Å². The molecule has 17 heavy (non-hydrogen) atoms. The van der Waals surface area contributed by atoms with Crippen molar-refractivity contribution in [3.8, 4) is 0 Å². The average molecular weight is 234 g/mol. The summed E-state index contributed by atoms with van der Waals surface area (Å²) in [6.07, 6.45) is 7.68. The van der Waals surface area contributed by atoms with Crippen LogP contribution in [0.25, 0.3) is 0 Å². The van der Waals surface area contributed by atoms with E-state index < -0.39 is 5.91 Å². The van der Waals surface area contributed by atoms with Crippen molar-refractivity contribution in [3.05, 3.63) is 29.6 Å². The summed E-state index contributed by atoms with van der Waals surface area (Å²) >= 11 is 0. The largest absolute Gasteiger partial charge is 0.364 e. The molecule has 3 nitrogen and oxygen atoms in total. The van der Waals surface area contributed by atoms with Gasteiger partial charge in [-0.15, -0.1) is 0 Å². The maximum absolute atomic E-state index is 11.1. The first-order valence-corrected chi connectivity index (χ1v) is 6.44. The van der Waals surface area contributed by atoms with Crippen LogP contribution in [0.15, 0.2) is 18.3 Å². The van der Waals surface area contributed by atoms with Crippen molar-refractivity contribution in [2.45, 2.75) is 51.9 Å². The van der Waals surface area contributed by atoms with Crippen molar-refractivity contribution in [1.82, 2.24) is 4.98 Å². The Hall–Kier alpha value is -1.38. The van der Waals surface area contributed by atoms with E-state index in [1.807, 2.05) is 12.1 Å². The number of unbranched alkanes of at least 4 members (excludes halogenated alkanes) is 2. The van der Waals surface area contributed by atoms with Crippen molar-refractivity contribution >= 4 is 5.91 Å². The first kappa shape index (κ1) is 13.7. The fourth-order valence-corrected chi connectivity index (χ4v) is 2.08. The van der Waals surface area contributed by atoms with Crippen LogP contribution < -0.4 is 5.73 Å². The van der Waals surface area contributed by atoms with Crippen LogP contribution in [0.1, 0.15) is 67.9 Å². The number of pyridine rings is 1. The number of aromatic nitrogens is 1. The molecule has 2 N–H and O–H groups in total. The second-order valence-corrected chi connectivity index (χ2v) is 4.44. The third-order valence-electron chi connectivity index (χ3n) is 3.16. The predicted octanol–water partition coefficient (Wildman–Crippen LogP) is 3.25. The SMILES string of the molecule is CCCCCC(CC)c1ccnc(C(N)=O)c1. The van der Waals surface area contributed by atoms with E-state index >= 15 is 0 Å². The molecule has 0 saturated heterocycles. The van der Waals surface area contributed by atoms with Gasteiger partial charge in [-0.05, 0) is 36.5 Å². The lowest BCUT2D eigenvalue weighted by Gasteiger charge is -2.15. The molecule has 0 radical (unpaired) electrons. The Kier molecular flexibility index (Phi) is 5.67. The molecule has 1 heterocycles. The van der Waals surface area contributed by atoms with Crippen molar-refractivity contribution in [1.29, 1.82) is 0 Å². The average Bonchev–Trinajstić information content (AvgIpc) is 2.35. The van der Waals surface area contributed by atoms with Crippen LogP contribution in [0.2, 0.25) is 0 Å².